The molecular weight excluding hydrogens is 376 g/mol. The Hall–Kier alpha value is -3.59. The Morgan fingerprint density at radius 2 is 1.86 bits per heavy atom. The first-order valence-electron chi connectivity index (χ1n) is 9.25. The second-order valence-corrected chi connectivity index (χ2v) is 7.69. The molecule has 5 rings (SSSR count). The zero-order chi connectivity index (χ0) is 20.5. The number of carbonyl (C=O) groups is 3. The molecule has 0 bridgehead atoms. The summed E-state index contributed by atoms with van der Waals surface area (Å²) >= 11 is 0. The van der Waals surface area contributed by atoms with Gasteiger partial charge >= 0.3 is 0 Å². The fourth-order valence-electron chi connectivity index (χ4n) is 5.10. The van der Waals surface area contributed by atoms with Gasteiger partial charge in [0.25, 0.3) is 11.6 Å². The maximum Gasteiger partial charge on any atom is 0.291 e. The van der Waals surface area contributed by atoms with Gasteiger partial charge in [-0.2, -0.15) is 0 Å². The van der Waals surface area contributed by atoms with Crippen molar-refractivity contribution in [3.05, 3.63) is 64.2 Å². The Kier molecular flexibility index (Phi) is 3.45. The predicted molar refractivity (Wildman–Crippen MR) is 101 cm³/mol. The first-order chi connectivity index (χ1) is 13.9. The number of nitrogens with two attached hydrogens (primary N) is 1. The van der Waals surface area contributed by atoms with Gasteiger partial charge in [0.05, 0.1) is 22.3 Å². The molecule has 9 nitrogen and oxygen atoms in total. The zero-order valence-corrected chi connectivity index (χ0v) is 15.4. The number of hydrogen-bond donors (Lipinski definition) is 2. The molecule has 3 aliphatic heterocycles. The van der Waals surface area contributed by atoms with Crippen LogP contribution in [0.4, 0.5) is 17.1 Å². The van der Waals surface area contributed by atoms with Crippen molar-refractivity contribution in [2.45, 2.75) is 18.5 Å². The number of rotatable bonds is 2. The number of nitrogens with one attached hydrogen (secondary N) is 1. The van der Waals surface area contributed by atoms with Crippen molar-refractivity contribution >= 4 is 34.8 Å². The van der Waals surface area contributed by atoms with Crippen LogP contribution in [-0.2, 0) is 19.9 Å². The van der Waals surface area contributed by atoms with Crippen molar-refractivity contribution in [3.8, 4) is 0 Å². The van der Waals surface area contributed by atoms with Crippen molar-refractivity contribution in [1.29, 1.82) is 0 Å². The van der Waals surface area contributed by atoms with Gasteiger partial charge in [-0.1, -0.05) is 24.3 Å². The van der Waals surface area contributed by atoms with E-state index in [0.717, 1.165) is 4.90 Å². The normalized spacial score (nSPS) is 29.9. The smallest absolute Gasteiger partial charge is 0.291 e. The molecule has 1 spiro atoms. The van der Waals surface area contributed by atoms with Crippen molar-refractivity contribution in [1.82, 2.24) is 0 Å². The molecule has 0 aromatic heterocycles. The molecule has 29 heavy (non-hydrogen) atoms. The van der Waals surface area contributed by atoms with Gasteiger partial charge in [-0.05, 0) is 19.1 Å². The average molecular weight is 393 g/mol. The quantitative estimate of drug-likeness (QED) is 0.437. The molecule has 3 amide bonds. The molecule has 0 unspecified atom stereocenters. The lowest BCUT2D eigenvalue weighted by Gasteiger charge is -2.25. The van der Waals surface area contributed by atoms with Crippen LogP contribution < -0.4 is 15.5 Å². The van der Waals surface area contributed by atoms with Crippen molar-refractivity contribution in [3.63, 3.8) is 0 Å². The molecule has 9 heteroatoms. The molecule has 146 valence electrons. The third kappa shape index (κ3) is 2.10. The van der Waals surface area contributed by atoms with Crippen LogP contribution in [0, 0.1) is 22.0 Å². The standard InChI is InChI=1S/C20H16N4O5/c1-10-15-16(20(22-10)13-7-2-3-8-14(13)21-19(20)27)18(26)23(17(15)25)11-5-4-6-12(9-11)24(28)29/h2-10,15-16,22H,1H3,(H,21,27)/p+1/t10-,15+,16-,20+/m0/s1. The Labute approximate surface area is 164 Å². The molecule has 0 aliphatic carbocycles. The van der Waals surface area contributed by atoms with Crippen LogP contribution in [0.15, 0.2) is 48.5 Å². The Bertz CT molecular complexity index is 1120. The highest BCUT2D eigenvalue weighted by atomic mass is 16.6. The number of amides is 3. The van der Waals surface area contributed by atoms with Gasteiger partial charge in [-0.25, -0.2) is 4.90 Å². The number of non-ortho nitro benzene ring substituents is 1. The first kappa shape index (κ1) is 17.5. The highest BCUT2D eigenvalue weighted by Crippen LogP contribution is 2.49. The lowest BCUT2D eigenvalue weighted by atomic mass is 9.76. The minimum Gasteiger partial charge on any atom is -0.326 e. The third-order valence-corrected chi connectivity index (χ3v) is 6.23. The van der Waals surface area contributed by atoms with E-state index in [4.69, 9.17) is 0 Å². The molecule has 2 fully saturated rings. The summed E-state index contributed by atoms with van der Waals surface area (Å²) in [5.74, 6) is -2.84. The summed E-state index contributed by atoms with van der Waals surface area (Å²) in [6.07, 6.45) is 0. The maximum atomic E-state index is 13.5. The molecule has 3 N–H and O–H groups in total. The van der Waals surface area contributed by atoms with Gasteiger partial charge < -0.3 is 10.6 Å². The van der Waals surface area contributed by atoms with E-state index in [-0.39, 0.29) is 23.3 Å². The van der Waals surface area contributed by atoms with Gasteiger partial charge in [0, 0.05) is 17.7 Å². The van der Waals surface area contributed by atoms with Crippen molar-refractivity contribution in [2.24, 2.45) is 11.8 Å². The lowest BCUT2D eigenvalue weighted by Crippen LogP contribution is -2.98. The fourth-order valence-corrected chi connectivity index (χ4v) is 5.10. The van der Waals surface area contributed by atoms with Crippen LogP contribution in [-0.4, -0.2) is 28.7 Å². The first-order valence-corrected chi connectivity index (χ1v) is 9.25. The SMILES string of the molecule is C[C@@H]1[NH2+][C@@]2(C(=O)Nc3ccccc32)[C@@H]2C(=O)N(c3cccc([N+](=O)[O-])c3)C(=O)[C@H]12. The zero-order valence-electron chi connectivity index (χ0n) is 15.4. The number of imide groups is 1. The van der Waals surface area contributed by atoms with Gasteiger partial charge in [0.15, 0.2) is 0 Å². The van der Waals surface area contributed by atoms with E-state index in [0.29, 0.717) is 11.3 Å². The minimum absolute atomic E-state index is 0.151. The number of nitro benzene ring substituents is 1. The number of anilines is 2. The molecule has 2 saturated heterocycles. The number of fused-ring (bicyclic) bond motifs is 4. The van der Waals surface area contributed by atoms with Crippen LogP contribution in [0.25, 0.3) is 0 Å². The van der Waals surface area contributed by atoms with Crippen LogP contribution in [0.5, 0.6) is 0 Å². The van der Waals surface area contributed by atoms with Crippen molar-refractivity contribution in [2.75, 3.05) is 10.2 Å². The number of carbonyl (C=O) groups excluding carboxylic acids is 3. The largest absolute Gasteiger partial charge is 0.326 e. The number of nitro groups is 1. The highest BCUT2D eigenvalue weighted by Gasteiger charge is 2.73. The highest BCUT2D eigenvalue weighted by molar-refractivity contribution is 6.25. The second kappa shape index (κ2) is 5.71. The van der Waals surface area contributed by atoms with E-state index in [1.165, 1.54) is 24.3 Å². The number of nitrogens with zero attached hydrogens (tertiary/aromatic N) is 2. The van der Waals surface area contributed by atoms with Crippen molar-refractivity contribution < 1.29 is 24.6 Å². The predicted octanol–water partition coefficient (Wildman–Crippen LogP) is 0.513. The van der Waals surface area contributed by atoms with E-state index >= 15 is 0 Å². The summed E-state index contributed by atoms with van der Waals surface area (Å²) in [6, 6.07) is 12.3. The second-order valence-electron chi connectivity index (χ2n) is 7.69. The summed E-state index contributed by atoms with van der Waals surface area (Å²) in [7, 11) is 0. The lowest BCUT2D eigenvalue weighted by molar-refractivity contribution is -0.730. The Morgan fingerprint density at radius 1 is 1.10 bits per heavy atom. The van der Waals surface area contributed by atoms with Crippen LogP contribution in [0.2, 0.25) is 0 Å². The number of benzene rings is 2. The summed E-state index contributed by atoms with van der Waals surface area (Å²) in [5.41, 5.74) is 0.0428. The maximum absolute atomic E-state index is 13.5. The van der Waals surface area contributed by atoms with Crippen LogP contribution in [0.1, 0.15) is 12.5 Å². The molecule has 3 heterocycles. The van der Waals surface area contributed by atoms with Gasteiger partial charge in [0.1, 0.15) is 11.8 Å². The van der Waals surface area contributed by atoms with Crippen LogP contribution >= 0.6 is 0 Å². The third-order valence-electron chi connectivity index (χ3n) is 6.23. The average Bonchev–Trinajstić information content (AvgIpc) is 3.26. The number of para-hydroxylation sites is 1. The molecule has 4 atom stereocenters. The van der Waals surface area contributed by atoms with Crippen LogP contribution in [0.3, 0.4) is 0 Å². The summed E-state index contributed by atoms with van der Waals surface area (Å²) < 4.78 is 0. The monoisotopic (exact) mass is 393 g/mol. The van der Waals surface area contributed by atoms with Gasteiger partial charge in [-0.15, -0.1) is 0 Å². The summed E-state index contributed by atoms with van der Waals surface area (Å²) in [6.45, 7) is 1.82. The molecule has 2 aromatic rings. The van der Waals surface area contributed by atoms with E-state index in [2.05, 4.69) is 5.32 Å². The van der Waals surface area contributed by atoms with E-state index < -0.39 is 34.1 Å². The topological polar surface area (TPSA) is 126 Å². The number of hydrogen-bond acceptors (Lipinski definition) is 5. The Morgan fingerprint density at radius 3 is 2.62 bits per heavy atom. The molecule has 3 aliphatic rings. The van der Waals surface area contributed by atoms with E-state index in [1.54, 1.807) is 24.3 Å². The molecule has 0 saturated carbocycles. The van der Waals surface area contributed by atoms with Gasteiger partial charge in [-0.3, -0.25) is 24.5 Å². The van der Waals surface area contributed by atoms with E-state index in [9.17, 15) is 24.5 Å². The summed E-state index contributed by atoms with van der Waals surface area (Å²) in [4.78, 5) is 51.3. The number of quaternary nitrogens is 1. The summed E-state index contributed by atoms with van der Waals surface area (Å²) in [5, 5.41) is 15.8. The minimum atomic E-state index is -1.22. The van der Waals surface area contributed by atoms with Gasteiger partial charge in [0.2, 0.25) is 17.4 Å². The Balaban J connectivity index is 1.64. The molecular formula is C20H17N4O5+. The molecule has 2 aromatic carbocycles. The molecule has 0 radical (unpaired) electrons. The van der Waals surface area contributed by atoms with E-state index in [1.807, 2.05) is 12.2 Å². The fraction of sp³-hybridized carbons (Fsp3) is 0.250.